The van der Waals surface area contributed by atoms with Crippen LogP contribution in [0.15, 0.2) is 82.6 Å². The fraction of sp³-hybridized carbons (Fsp3) is 0.250. The second kappa shape index (κ2) is 9.57. The van der Waals surface area contributed by atoms with E-state index in [-0.39, 0.29) is 17.0 Å². The van der Waals surface area contributed by atoms with Crippen LogP contribution in [0.5, 0.6) is 0 Å². The highest BCUT2D eigenvalue weighted by molar-refractivity contribution is 7.99. The first kappa shape index (κ1) is 22.2. The maximum atomic E-state index is 6.33. The zero-order valence-corrected chi connectivity index (χ0v) is 20.0. The molecule has 0 unspecified atom stereocenters. The first-order valence-electron chi connectivity index (χ1n) is 9.72. The van der Waals surface area contributed by atoms with E-state index in [4.69, 9.17) is 11.6 Å². The van der Waals surface area contributed by atoms with E-state index in [9.17, 15) is 0 Å². The SMILES string of the molecule is C[N+](C)(CCCN1c2ccccc2Sc2ccc(Cl)cc21)Cc1ccccc1.[Br-]. The monoisotopic (exact) mass is 488 g/mol. The fourth-order valence-electron chi connectivity index (χ4n) is 3.86. The molecule has 29 heavy (non-hydrogen) atoms. The van der Waals surface area contributed by atoms with Crippen LogP contribution >= 0.6 is 23.4 Å². The van der Waals surface area contributed by atoms with Crippen LogP contribution in [0, 0.1) is 0 Å². The van der Waals surface area contributed by atoms with Crippen LogP contribution in [0.2, 0.25) is 5.02 Å². The molecular weight excluding hydrogens is 464 g/mol. The molecule has 0 bridgehead atoms. The molecule has 1 heterocycles. The quantitative estimate of drug-likeness (QED) is 0.487. The summed E-state index contributed by atoms with van der Waals surface area (Å²) in [5, 5.41) is 0.795. The summed E-state index contributed by atoms with van der Waals surface area (Å²) in [5.74, 6) is 0. The van der Waals surface area contributed by atoms with E-state index in [1.165, 1.54) is 26.7 Å². The van der Waals surface area contributed by atoms with Gasteiger partial charge in [0.25, 0.3) is 0 Å². The molecule has 5 heteroatoms. The fourth-order valence-corrected chi connectivity index (χ4v) is 5.10. The zero-order chi connectivity index (χ0) is 19.6. The number of rotatable bonds is 6. The molecule has 152 valence electrons. The van der Waals surface area contributed by atoms with E-state index < -0.39 is 0 Å². The number of para-hydroxylation sites is 1. The smallest absolute Gasteiger partial charge is 0.104 e. The Hall–Kier alpha value is -1.46. The maximum Gasteiger partial charge on any atom is 0.104 e. The molecule has 0 fully saturated rings. The molecule has 0 aliphatic carbocycles. The van der Waals surface area contributed by atoms with Gasteiger partial charge in [0.2, 0.25) is 0 Å². The first-order chi connectivity index (χ1) is 13.5. The van der Waals surface area contributed by atoms with Crippen molar-refractivity contribution in [3.05, 3.63) is 83.4 Å². The third-order valence-electron chi connectivity index (χ3n) is 5.19. The molecule has 0 radical (unpaired) electrons. The maximum absolute atomic E-state index is 6.33. The van der Waals surface area contributed by atoms with Crippen molar-refractivity contribution in [2.24, 2.45) is 0 Å². The molecule has 0 spiro atoms. The van der Waals surface area contributed by atoms with Gasteiger partial charge in [0.05, 0.1) is 32.0 Å². The van der Waals surface area contributed by atoms with Crippen molar-refractivity contribution in [2.75, 3.05) is 32.1 Å². The van der Waals surface area contributed by atoms with Gasteiger partial charge < -0.3 is 26.4 Å². The molecule has 0 atom stereocenters. The number of benzene rings is 3. The molecule has 0 amide bonds. The van der Waals surface area contributed by atoms with Gasteiger partial charge >= 0.3 is 0 Å². The summed E-state index contributed by atoms with van der Waals surface area (Å²) < 4.78 is 0.983. The van der Waals surface area contributed by atoms with Gasteiger partial charge in [-0.15, -0.1) is 0 Å². The van der Waals surface area contributed by atoms with Crippen molar-refractivity contribution in [1.29, 1.82) is 0 Å². The van der Waals surface area contributed by atoms with Gasteiger partial charge in [-0.05, 0) is 30.3 Å². The van der Waals surface area contributed by atoms with Gasteiger partial charge in [-0.2, -0.15) is 0 Å². The van der Waals surface area contributed by atoms with Crippen LogP contribution in [0.4, 0.5) is 11.4 Å². The molecule has 2 nitrogen and oxygen atoms in total. The van der Waals surface area contributed by atoms with Gasteiger partial charge in [0.15, 0.2) is 0 Å². The molecular formula is C24H26BrClN2S. The Morgan fingerprint density at radius 3 is 2.34 bits per heavy atom. The second-order valence-corrected chi connectivity index (χ2v) is 9.51. The Kier molecular flexibility index (Phi) is 7.33. The number of quaternary nitrogens is 1. The van der Waals surface area contributed by atoms with Crippen LogP contribution in [-0.2, 0) is 6.54 Å². The third-order valence-corrected chi connectivity index (χ3v) is 6.55. The number of hydrogen-bond donors (Lipinski definition) is 0. The van der Waals surface area contributed by atoms with Gasteiger partial charge in [0.1, 0.15) is 6.54 Å². The lowest BCUT2D eigenvalue weighted by atomic mass is 10.1. The molecule has 0 N–H and O–H groups in total. The summed E-state index contributed by atoms with van der Waals surface area (Å²) in [6, 6.07) is 25.7. The summed E-state index contributed by atoms with van der Waals surface area (Å²) in [6.45, 7) is 3.16. The van der Waals surface area contributed by atoms with Crippen LogP contribution in [0.3, 0.4) is 0 Å². The number of halogens is 2. The van der Waals surface area contributed by atoms with Crippen LogP contribution in [0.1, 0.15) is 12.0 Å². The minimum atomic E-state index is 0. The summed E-state index contributed by atoms with van der Waals surface area (Å²) >= 11 is 8.16. The Balaban J connectivity index is 0.00000240. The first-order valence-corrected chi connectivity index (χ1v) is 10.9. The largest absolute Gasteiger partial charge is 1.00 e. The predicted molar refractivity (Wildman–Crippen MR) is 121 cm³/mol. The number of fused-ring (bicyclic) bond motifs is 2. The van der Waals surface area contributed by atoms with Gasteiger partial charge in [0, 0.05) is 33.3 Å². The van der Waals surface area contributed by atoms with E-state index >= 15 is 0 Å². The number of nitrogens with zero attached hydrogens (tertiary/aromatic N) is 2. The summed E-state index contributed by atoms with van der Waals surface area (Å²) in [7, 11) is 4.63. The summed E-state index contributed by atoms with van der Waals surface area (Å²) in [4.78, 5) is 5.03. The number of hydrogen-bond acceptors (Lipinski definition) is 2. The van der Waals surface area contributed by atoms with E-state index in [0.717, 1.165) is 35.6 Å². The van der Waals surface area contributed by atoms with Crippen molar-refractivity contribution < 1.29 is 21.5 Å². The van der Waals surface area contributed by atoms with E-state index in [0.29, 0.717) is 0 Å². The zero-order valence-electron chi connectivity index (χ0n) is 16.8. The van der Waals surface area contributed by atoms with Crippen molar-refractivity contribution in [3.8, 4) is 0 Å². The summed E-state index contributed by atoms with van der Waals surface area (Å²) in [6.07, 6.45) is 1.12. The third kappa shape index (κ3) is 5.37. The minimum Gasteiger partial charge on any atom is -1.00 e. The van der Waals surface area contributed by atoms with Gasteiger partial charge in [-0.1, -0.05) is 65.8 Å². The lowest BCUT2D eigenvalue weighted by Gasteiger charge is -2.35. The highest BCUT2D eigenvalue weighted by Gasteiger charge is 2.24. The predicted octanol–water partition coefficient (Wildman–Crippen LogP) is 3.61. The standard InChI is InChI=1S/C24H26ClN2S.BrH/c1-27(2,18-19-9-4-3-5-10-19)16-8-15-26-21-11-6-7-12-23(21)28-24-14-13-20(25)17-22(24)26;/h3-7,9-14,17H,8,15-16,18H2,1-2H3;1H/q+1;/p-1. The molecule has 0 aromatic heterocycles. The molecule has 1 aliphatic heterocycles. The van der Waals surface area contributed by atoms with Crippen molar-refractivity contribution >= 4 is 34.7 Å². The summed E-state index contributed by atoms with van der Waals surface area (Å²) in [5.41, 5.74) is 3.91. The highest BCUT2D eigenvalue weighted by Crippen LogP contribution is 2.48. The topological polar surface area (TPSA) is 3.24 Å². The normalized spacial score (nSPS) is 12.7. The Morgan fingerprint density at radius 2 is 1.55 bits per heavy atom. The lowest BCUT2D eigenvalue weighted by Crippen LogP contribution is -3.00. The molecule has 3 aromatic rings. The van der Waals surface area contributed by atoms with E-state index in [2.05, 4.69) is 85.7 Å². The minimum absolute atomic E-state index is 0. The Morgan fingerprint density at radius 1 is 0.862 bits per heavy atom. The van der Waals surface area contributed by atoms with Crippen LogP contribution in [-0.4, -0.2) is 31.7 Å². The van der Waals surface area contributed by atoms with Crippen LogP contribution in [0.25, 0.3) is 0 Å². The molecule has 3 aromatic carbocycles. The Labute approximate surface area is 193 Å². The molecule has 0 saturated heterocycles. The molecule has 4 rings (SSSR count). The average Bonchev–Trinajstić information content (AvgIpc) is 2.68. The van der Waals surface area contributed by atoms with E-state index in [1.54, 1.807) is 0 Å². The lowest BCUT2D eigenvalue weighted by molar-refractivity contribution is -0.903. The van der Waals surface area contributed by atoms with Crippen molar-refractivity contribution in [1.82, 2.24) is 0 Å². The second-order valence-electron chi connectivity index (χ2n) is 7.99. The van der Waals surface area contributed by atoms with E-state index in [1.807, 2.05) is 17.8 Å². The number of anilines is 2. The average molecular weight is 490 g/mol. The Bertz CT molecular complexity index is 962. The van der Waals surface area contributed by atoms with Crippen LogP contribution < -0.4 is 21.9 Å². The molecule has 1 aliphatic rings. The van der Waals surface area contributed by atoms with Gasteiger partial charge in [-0.3, -0.25) is 0 Å². The van der Waals surface area contributed by atoms with Gasteiger partial charge in [-0.25, -0.2) is 0 Å². The van der Waals surface area contributed by atoms with Crippen molar-refractivity contribution in [2.45, 2.75) is 22.8 Å². The molecule has 0 saturated carbocycles. The van der Waals surface area contributed by atoms with Crippen molar-refractivity contribution in [3.63, 3.8) is 0 Å². The highest BCUT2D eigenvalue weighted by atomic mass is 79.9.